The quantitative estimate of drug-likeness (QED) is 0.354. The van der Waals surface area contributed by atoms with Gasteiger partial charge in [0.15, 0.2) is 27.1 Å². The largest absolute Gasteiger partial charge is 0.507 e. The molecule has 1 spiro atoms. The van der Waals surface area contributed by atoms with Crippen molar-refractivity contribution in [2.45, 2.75) is 48.3 Å². The maximum Gasteiger partial charge on any atom is 0.231 e. The van der Waals surface area contributed by atoms with Gasteiger partial charge in [0.25, 0.3) is 0 Å². The van der Waals surface area contributed by atoms with Crippen molar-refractivity contribution in [3.8, 4) is 17.2 Å². The fraction of sp³-hybridized carbons (Fsp3) is 0.433. The van der Waals surface area contributed by atoms with Crippen LogP contribution in [-0.2, 0) is 19.4 Å². The fourth-order valence-corrected chi connectivity index (χ4v) is 8.59. The average molecular weight is 666 g/mol. The molecule has 1 saturated heterocycles. The molecule has 2 aromatic rings. The Kier molecular flexibility index (Phi) is 8.71. The molecule has 0 saturated carbocycles. The fourth-order valence-electron chi connectivity index (χ4n) is 6.18. The molecule has 2 aliphatic heterocycles. The van der Waals surface area contributed by atoms with E-state index in [0.717, 1.165) is 4.90 Å². The molecule has 1 amide bonds. The Labute approximate surface area is 263 Å². The van der Waals surface area contributed by atoms with Gasteiger partial charge in [0.2, 0.25) is 17.3 Å². The monoisotopic (exact) mass is 665 g/mol. The summed E-state index contributed by atoms with van der Waals surface area (Å²) in [5.41, 5.74) is -1.74. The minimum Gasteiger partial charge on any atom is -0.507 e. The molecule has 236 valence electrons. The molecule has 1 aliphatic carbocycles. The lowest BCUT2D eigenvalue weighted by Crippen LogP contribution is -2.53. The van der Waals surface area contributed by atoms with Crippen LogP contribution in [0.2, 0.25) is 5.02 Å². The molecule has 5 atom stereocenters. The number of carbonyl (C=O) groups is 3. The second kappa shape index (κ2) is 11.9. The number of hydrogen-bond donors (Lipinski definition) is 3. The highest BCUT2D eigenvalue weighted by atomic mass is 35.5. The van der Waals surface area contributed by atoms with E-state index < -0.39 is 80.6 Å². The highest BCUT2D eigenvalue weighted by Crippen LogP contribution is 2.55. The highest BCUT2D eigenvalue weighted by Gasteiger charge is 2.61. The number of benzene rings is 2. The number of halogens is 1. The van der Waals surface area contributed by atoms with Crippen LogP contribution in [0.5, 0.6) is 17.2 Å². The van der Waals surface area contributed by atoms with E-state index in [0.29, 0.717) is 5.56 Å². The van der Waals surface area contributed by atoms with Gasteiger partial charge in [-0.1, -0.05) is 30.7 Å². The number of Topliss-reactive ketones (excluding diaryl/α,β-unsaturated/α-hetero) is 2. The third-order valence-corrected chi connectivity index (χ3v) is 11.3. The highest BCUT2D eigenvalue weighted by molar-refractivity contribution is 7.98. The van der Waals surface area contributed by atoms with Crippen molar-refractivity contribution in [1.82, 2.24) is 5.32 Å². The van der Waals surface area contributed by atoms with Crippen LogP contribution >= 0.6 is 23.4 Å². The Morgan fingerprint density at radius 3 is 2.41 bits per heavy atom. The third kappa shape index (κ3) is 5.33. The number of ketones is 2. The van der Waals surface area contributed by atoms with Gasteiger partial charge in [0.1, 0.15) is 22.1 Å². The zero-order chi connectivity index (χ0) is 32.1. The van der Waals surface area contributed by atoms with Crippen molar-refractivity contribution in [3.05, 3.63) is 57.8 Å². The minimum atomic E-state index is -3.54. The number of allylic oxidation sites excluding steroid dienone is 1. The summed E-state index contributed by atoms with van der Waals surface area (Å²) in [6.45, 7) is 1.60. The van der Waals surface area contributed by atoms with E-state index in [4.69, 9.17) is 25.8 Å². The number of ether oxygens (including phenoxy) is 3. The first-order valence-electron chi connectivity index (χ1n) is 13.7. The van der Waals surface area contributed by atoms with Crippen molar-refractivity contribution < 1.29 is 47.2 Å². The third-order valence-electron chi connectivity index (χ3n) is 8.44. The van der Waals surface area contributed by atoms with Gasteiger partial charge in [-0.3, -0.25) is 14.4 Å². The molecule has 44 heavy (non-hydrogen) atoms. The summed E-state index contributed by atoms with van der Waals surface area (Å²) in [5.74, 6) is -5.01. The second-order valence-corrected chi connectivity index (χ2v) is 14.5. The van der Waals surface area contributed by atoms with E-state index in [1.807, 2.05) is 6.26 Å². The molecule has 0 aromatic heterocycles. The number of amides is 1. The van der Waals surface area contributed by atoms with E-state index in [1.54, 1.807) is 31.2 Å². The van der Waals surface area contributed by atoms with Crippen LogP contribution in [0.3, 0.4) is 0 Å². The van der Waals surface area contributed by atoms with Crippen molar-refractivity contribution in [3.63, 3.8) is 0 Å². The standard InChI is InChI=1S/C30H32ClNO10S2/c1-14-9-19(33)24(28(36)30(14)29(37)25-21(40-2)11-22(41-3)26(31)27(25)42-30)17(15-5-7-16(43-4)8-6-15)10-23(35)32-18-12-44(38,39)13-20(18)34/h5-8,11,14,17-18,20,34,36H,9-10,12-13H2,1-4H3,(H,32,35). The zero-order valence-electron chi connectivity index (χ0n) is 24.4. The van der Waals surface area contributed by atoms with Gasteiger partial charge in [-0.2, -0.15) is 0 Å². The normalized spacial score (nSPS) is 26.4. The Bertz CT molecular complexity index is 1670. The number of thioether (sulfide) groups is 1. The first kappa shape index (κ1) is 32.1. The molecule has 3 N–H and O–H groups in total. The number of methoxy groups -OCH3 is 2. The van der Waals surface area contributed by atoms with Gasteiger partial charge in [-0.25, -0.2) is 8.42 Å². The molecule has 2 heterocycles. The predicted octanol–water partition coefficient (Wildman–Crippen LogP) is 3.26. The molecule has 5 rings (SSSR count). The van der Waals surface area contributed by atoms with Crippen LogP contribution in [-0.4, -0.2) is 85.8 Å². The van der Waals surface area contributed by atoms with E-state index in [2.05, 4.69) is 5.32 Å². The number of nitrogens with one attached hydrogen (secondary N) is 1. The summed E-state index contributed by atoms with van der Waals surface area (Å²) in [6.07, 6.45) is 0.0176. The van der Waals surface area contributed by atoms with Crippen molar-refractivity contribution in [1.29, 1.82) is 0 Å². The van der Waals surface area contributed by atoms with Gasteiger partial charge in [0, 0.05) is 41.2 Å². The second-order valence-electron chi connectivity index (χ2n) is 11.1. The Balaban J connectivity index is 1.62. The summed E-state index contributed by atoms with van der Waals surface area (Å²) in [7, 11) is -0.799. The Hall–Kier alpha value is -3.26. The number of fused-ring (bicyclic) bond motifs is 1. The summed E-state index contributed by atoms with van der Waals surface area (Å²) in [4.78, 5) is 42.2. The van der Waals surface area contributed by atoms with Crippen molar-refractivity contribution in [2.24, 2.45) is 5.92 Å². The lowest BCUT2D eigenvalue weighted by molar-refractivity contribution is -0.122. The van der Waals surface area contributed by atoms with E-state index >= 15 is 0 Å². The lowest BCUT2D eigenvalue weighted by atomic mass is 9.69. The van der Waals surface area contributed by atoms with E-state index in [9.17, 15) is 33.0 Å². The smallest absolute Gasteiger partial charge is 0.231 e. The number of sulfone groups is 1. The molecule has 5 unspecified atom stereocenters. The maximum atomic E-state index is 14.2. The van der Waals surface area contributed by atoms with Crippen LogP contribution in [0.15, 0.2) is 46.6 Å². The van der Waals surface area contributed by atoms with Crippen molar-refractivity contribution in [2.75, 3.05) is 32.0 Å². The van der Waals surface area contributed by atoms with Gasteiger partial charge in [0.05, 0.1) is 37.9 Å². The topological polar surface area (TPSA) is 166 Å². The summed E-state index contributed by atoms with van der Waals surface area (Å²) in [5, 5.41) is 24.7. The van der Waals surface area contributed by atoms with Crippen molar-refractivity contribution >= 4 is 50.7 Å². The van der Waals surface area contributed by atoms with E-state index in [-0.39, 0.29) is 39.8 Å². The molecule has 11 nitrogen and oxygen atoms in total. The summed E-state index contributed by atoms with van der Waals surface area (Å²) >= 11 is 8.03. The molecule has 14 heteroatoms. The first-order chi connectivity index (χ1) is 20.8. The Morgan fingerprint density at radius 2 is 1.84 bits per heavy atom. The summed E-state index contributed by atoms with van der Waals surface area (Å²) in [6, 6.07) is 7.43. The average Bonchev–Trinajstić information content (AvgIpc) is 3.43. The Morgan fingerprint density at radius 1 is 1.18 bits per heavy atom. The number of rotatable bonds is 8. The molecular weight excluding hydrogens is 634 g/mol. The van der Waals surface area contributed by atoms with Crippen LogP contribution < -0.4 is 19.5 Å². The molecular formula is C30H32ClNO10S2. The maximum absolute atomic E-state index is 14.2. The first-order valence-corrected chi connectivity index (χ1v) is 17.2. The van der Waals surface area contributed by atoms with Crippen LogP contribution in [0.25, 0.3) is 0 Å². The summed E-state index contributed by atoms with van der Waals surface area (Å²) < 4.78 is 41.0. The number of aliphatic hydroxyl groups is 2. The molecule has 0 bridgehead atoms. The number of carbonyl (C=O) groups excluding carboxylic acids is 3. The van der Waals surface area contributed by atoms with Crippen LogP contribution in [0.1, 0.15) is 41.6 Å². The molecule has 0 radical (unpaired) electrons. The zero-order valence-corrected chi connectivity index (χ0v) is 26.8. The lowest BCUT2D eigenvalue weighted by Gasteiger charge is -2.38. The molecule has 3 aliphatic rings. The predicted molar refractivity (Wildman–Crippen MR) is 163 cm³/mol. The molecule has 2 aromatic carbocycles. The number of hydrogen-bond acceptors (Lipinski definition) is 11. The van der Waals surface area contributed by atoms with Gasteiger partial charge in [-0.15, -0.1) is 11.8 Å². The van der Waals surface area contributed by atoms with Gasteiger partial charge < -0.3 is 29.7 Å². The minimum absolute atomic E-state index is 0.0133. The molecule has 1 fully saturated rings. The van der Waals surface area contributed by atoms with Gasteiger partial charge in [-0.05, 0) is 24.0 Å². The van der Waals surface area contributed by atoms with E-state index in [1.165, 1.54) is 32.0 Å². The number of aliphatic hydroxyl groups excluding tert-OH is 2. The van der Waals surface area contributed by atoms with Gasteiger partial charge >= 0.3 is 0 Å². The SMILES string of the molecule is COc1cc(OC)c2c(c1Cl)OC1(C2=O)C(O)=C(C(CC(=O)NC2CS(=O)(=O)CC2O)c2ccc(SC)cc2)C(=O)CC1C. The van der Waals surface area contributed by atoms with Crippen LogP contribution in [0, 0.1) is 5.92 Å². The van der Waals surface area contributed by atoms with Crippen LogP contribution in [0.4, 0.5) is 0 Å².